The number of benzene rings is 1. The van der Waals surface area contributed by atoms with E-state index in [-0.39, 0.29) is 5.75 Å². The van der Waals surface area contributed by atoms with Gasteiger partial charge < -0.3 is 15.8 Å². The van der Waals surface area contributed by atoms with Gasteiger partial charge in [-0.15, -0.1) is 0 Å². The zero-order chi connectivity index (χ0) is 13.4. The summed E-state index contributed by atoms with van der Waals surface area (Å²) in [5.41, 5.74) is 7.17. The summed E-state index contributed by atoms with van der Waals surface area (Å²) in [5.74, 6) is 1.51. The summed E-state index contributed by atoms with van der Waals surface area (Å²) in [6.07, 6.45) is 5.22. The Bertz CT molecular complexity index is 477. The second-order valence-corrected chi connectivity index (χ2v) is 5.73. The molecule has 0 heterocycles. The Morgan fingerprint density at radius 3 is 2.84 bits per heavy atom. The molecular formula is C15H21FN2O. The molecule has 3 atom stereocenters. The lowest BCUT2D eigenvalue weighted by Gasteiger charge is -2.25. The second kappa shape index (κ2) is 4.91. The van der Waals surface area contributed by atoms with Gasteiger partial charge in [0.05, 0.1) is 18.0 Å². The number of halogens is 1. The zero-order valence-electron chi connectivity index (χ0n) is 11.3. The first-order valence-corrected chi connectivity index (χ1v) is 7.15. The molecule has 0 radical (unpaired) electrons. The van der Waals surface area contributed by atoms with Crippen LogP contribution in [0.4, 0.5) is 15.8 Å². The van der Waals surface area contributed by atoms with Crippen molar-refractivity contribution in [2.75, 3.05) is 17.7 Å². The average Bonchev–Trinajstić information content (AvgIpc) is 2.97. The van der Waals surface area contributed by atoms with Crippen molar-refractivity contribution in [3.63, 3.8) is 0 Å². The largest absolute Gasteiger partial charge is 0.491 e. The van der Waals surface area contributed by atoms with Gasteiger partial charge in [-0.25, -0.2) is 4.39 Å². The lowest BCUT2D eigenvalue weighted by molar-refractivity contribution is 0.322. The lowest BCUT2D eigenvalue weighted by atomic mass is 9.95. The van der Waals surface area contributed by atoms with E-state index < -0.39 is 5.82 Å². The molecule has 3 N–H and O–H groups in total. The van der Waals surface area contributed by atoms with Crippen LogP contribution < -0.4 is 15.8 Å². The standard InChI is InChI=1S/C15H21FN2O/c1-2-19-15-8-14(12(17)7-11(15)16)18-13-6-9-3-4-10(13)5-9/h7-10,13,18H,2-6,17H2,1H3. The maximum absolute atomic E-state index is 13.6. The second-order valence-electron chi connectivity index (χ2n) is 5.73. The number of hydrogen-bond donors (Lipinski definition) is 2. The minimum absolute atomic E-state index is 0.280. The highest BCUT2D eigenvalue weighted by Crippen LogP contribution is 2.46. The monoisotopic (exact) mass is 264 g/mol. The van der Waals surface area contributed by atoms with Gasteiger partial charge in [0.15, 0.2) is 11.6 Å². The third-order valence-electron chi connectivity index (χ3n) is 4.48. The number of nitrogens with one attached hydrogen (secondary N) is 1. The first-order chi connectivity index (χ1) is 9.17. The van der Waals surface area contributed by atoms with Crippen LogP contribution in [-0.4, -0.2) is 12.6 Å². The van der Waals surface area contributed by atoms with Gasteiger partial charge in [-0.2, -0.15) is 0 Å². The first kappa shape index (κ1) is 12.6. The molecule has 2 saturated carbocycles. The predicted octanol–water partition coefficient (Wildman–Crippen LogP) is 3.41. The number of ether oxygens (including phenoxy) is 1. The Balaban J connectivity index is 1.78. The molecule has 0 spiro atoms. The van der Waals surface area contributed by atoms with Crippen molar-refractivity contribution in [1.29, 1.82) is 0 Å². The third-order valence-corrected chi connectivity index (χ3v) is 4.48. The number of fused-ring (bicyclic) bond motifs is 2. The molecule has 1 aromatic carbocycles. The van der Waals surface area contributed by atoms with Crippen molar-refractivity contribution in [1.82, 2.24) is 0 Å². The average molecular weight is 264 g/mol. The number of rotatable bonds is 4. The van der Waals surface area contributed by atoms with E-state index in [2.05, 4.69) is 5.32 Å². The SMILES string of the molecule is CCOc1cc(NC2CC3CCC2C3)c(N)cc1F. The van der Waals surface area contributed by atoms with Crippen LogP contribution in [0.25, 0.3) is 0 Å². The molecule has 0 amide bonds. The van der Waals surface area contributed by atoms with E-state index in [1.54, 1.807) is 6.07 Å². The third kappa shape index (κ3) is 2.36. The van der Waals surface area contributed by atoms with Gasteiger partial charge in [0.25, 0.3) is 0 Å². The normalized spacial score (nSPS) is 28.6. The van der Waals surface area contributed by atoms with Gasteiger partial charge in [0.1, 0.15) is 0 Å². The van der Waals surface area contributed by atoms with E-state index in [1.165, 1.54) is 31.7 Å². The maximum Gasteiger partial charge on any atom is 0.167 e. The highest BCUT2D eigenvalue weighted by atomic mass is 19.1. The molecular weight excluding hydrogens is 243 g/mol. The molecule has 1 aromatic rings. The van der Waals surface area contributed by atoms with Crippen LogP contribution in [0.2, 0.25) is 0 Å². The smallest absolute Gasteiger partial charge is 0.167 e. The number of anilines is 2. The fourth-order valence-corrected chi connectivity index (χ4v) is 3.58. The van der Waals surface area contributed by atoms with Crippen molar-refractivity contribution in [3.8, 4) is 5.75 Å². The molecule has 19 heavy (non-hydrogen) atoms. The molecule has 2 fully saturated rings. The first-order valence-electron chi connectivity index (χ1n) is 7.15. The molecule has 0 aromatic heterocycles. The van der Waals surface area contributed by atoms with Crippen molar-refractivity contribution < 1.29 is 9.13 Å². The zero-order valence-corrected chi connectivity index (χ0v) is 11.3. The van der Waals surface area contributed by atoms with E-state index >= 15 is 0 Å². The lowest BCUT2D eigenvalue weighted by Crippen LogP contribution is -2.26. The molecule has 2 aliphatic carbocycles. The highest BCUT2D eigenvalue weighted by Gasteiger charge is 2.39. The van der Waals surface area contributed by atoms with Crippen molar-refractivity contribution >= 4 is 11.4 Å². The number of hydrogen-bond acceptors (Lipinski definition) is 3. The number of nitrogens with two attached hydrogens (primary N) is 1. The van der Waals surface area contributed by atoms with E-state index in [0.717, 1.165) is 17.5 Å². The van der Waals surface area contributed by atoms with Crippen molar-refractivity contribution in [2.24, 2.45) is 11.8 Å². The summed E-state index contributed by atoms with van der Waals surface area (Å²) in [7, 11) is 0. The summed E-state index contributed by atoms with van der Waals surface area (Å²) in [6, 6.07) is 3.53. The van der Waals surface area contributed by atoms with Crippen LogP contribution in [0.1, 0.15) is 32.6 Å². The molecule has 4 heteroatoms. The summed E-state index contributed by atoms with van der Waals surface area (Å²) >= 11 is 0. The van der Waals surface area contributed by atoms with Crippen molar-refractivity contribution in [2.45, 2.75) is 38.6 Å². The van der Waals surface area contributed by atoms with Gasteiger partial charge in [0, 0.05) is 18.2 Å². The van der Waals surface area contributed by atoms with Crippen LogP contribution in [0, 0.1) is 17.7 Å². The topological polar surface area (TPSA) is 47.3 Å². The van der Waals surface area contributed by atoms with Gasteiger partial charge >= 0.3 is 0 Å². The Kier molecular flexibility index (Phi) is 3.25. The quantitative estimate of drug-likeness (QED) is 0.819. The van der Waals surface area contributed by atoms with Gasteiger partial charge in [-0.05, 0) is 38.0 Å². The van der Waals surface area contributed by atoms with Gasteiger partial charge in [-0.1, -0.05) is 6.42 Å². The van der Waals surface area contributed by atoms with Crippen molar-refractivity contribution in [3.05, 3.63) is 17.9 Å². The molecule has 0 aliphatic heterocycles. The highest BCUT2D eigenvalue weighted by molar-refractivity contribution is 5.69. The molecule has 3 nitrogen and oxygen atoms in total. The van der Waals surface area contributed by atoms with Crippen LogP contribution in [-0.2, 0) is 0 Å². The van der Waals surface area contributed by atoms with E-state index in [0.29, 0.717) is 18.3 Å². The Morgan fingerprint density at radius 1 is 1.37 bits per heavy atom. The van der Waals surface area contributed by atoms with Crippen LogP contribution >= 0.6 is 0 Å². The minimum atomic E-state index is -0.391. The fraction of sp³-hybridized carbons (Fsp3) is 0.600. The van der Waals surface area contributed by atoms with Gasteiger partial charge in [-0.3, -0.25) is 0 Å². The summed E-state index contributed by atoms with van der Waals surface area (Å²) in [6.45, 7) is 2.30. The molecule has 3 rings (SSSR count). The summed E-state index contributed by atoms with van der Waals surface area (Å²) < 4.78 is 18.9. The molecule has 3 unspecified atom stereocenters. The molecule has 104 valence electrons. The summed E-state index contributed by atoms with van der Waals surface area (Å²) in [4.78, 5) is 0. The van der Waals surface area contributed by atoms with E-state index in [9.17, 15) is 4.39 Å². The summed E-state index contributed by atoms with van der Waals surface area (Å²) in [5, 5.41) is 3.49. The molecule has 2 bridgehead atoms. The van der Waals surface area contributed by atoms with Gasteiger partial charge in [0.2, 0.25) is 0 Å². The van der Waals surface area contributed by atoms with Crippen LogP contribution in [0.5, 0.6) is 5.75 Å². The fourth-order valence-electron chi connectivity index (χ4n) is 3.58. The molecule has 2 aliphatic rings. The maximum atomic E-state index is 13.6. The van der Waals surface area contributed by atoms with E-state index in [1.807, 2.05) is 6.92 Å². The Hall–Kier alpha value is -1.45. The van der Waals surface area contributed by atoms with E-state index in [4.69, 9.17) is 10.5 Å². The Morgan fingerprint density at radius 2 is 2.21 bits per heavy atom. The van der Waals surface area contributed by atoms with Crippen LogP contribution in [0.15, 0.2) is 12.1 Å². The van der Waals surface area contributed by atoms with Crippen LogP contribution in [0.3, 0.4) is 0 Å². The number of nitrogen functional groups attached to an aromatic ring is 1. The Labute approximate surface area is 113 Å². The predicted molar refractivity (Wildman–Crippen MR) is 74.8 cm³/mol. The minimum Gasteiger partial charge on any atom is -0.491 e. The molecule has 0 saturated heterocycles.